The number of nitrogens with zero attached hydrogens (tertiary/aromatic N) is 2. The van der Waals surface area contributed by atoms with E-state index in [9.17, 15) is 0 Å². The molecule has 0 amide bonds. The SMILES string of the molecule is CCNC(C)c1ccc(N(C)Cc2ccoc2C)cn1. The predicted molar refractivity (Wildman–Crippen MR) is 81.9 cm³/mol. The van der Waals surface area contributed by atoms with Gasteiger partial charge in [-0.15, -0.1) is 0 Å². The van der Waals surface area contributed by atoms with Gasteiger partial charge < -0.3 is 14.6 Å². The van der Waals surface area contributed by atoms with E-state index in [2.05, 4.69) is 48.2 Å². The fraction of sp³-hybridized carbons (Fsp3) is 0.438. The molecule has 0 aliphatic heterocycles. The largest absolute Gasteiger partial charge is 0.469 e. The number of aromatic nitrogens is 1. The molecule has 0 aliphatic rings. The van der Waals surface area contributed by atoms with Crippen molar-refractivity contribution in [1.29, 1.82) is 0 Å². The summed E-state index contributed by atoms with van der Waals surface area (Å²) >= 11 is 0. The zero-order valence-corrected chi connectivity index (χ0v) is 12.7. The minimum atomic E-state index is 0.287. The van der Waals surface area contributed by atoms with Gasteiger partial charge in [-0.3, -0.25) is 4.98 Å². The number of furan rings is 1. The van der Waals surface area contributed by atoms with Crippen molar-refractivity contribution in [2.75, 3.05) is 18.5 Å². The van der Waals surface area contributed by atoms with Gasteiger partial charge >= 0.3 is 0 Å². The van der Waals surface area contributed by atoms with Crippen molar-refractivity contribution in [1.82, 2.24) is 10.3 Å². The molecule has 108 valence electrons. The van der Waals surface area contributed by atoms with Crippen molar-refractivity contribution in [3.8, 4) is 0 Å². The van der Waals surface area contributed by atoms with Crippen molar-refractivity contribution < 1.29 is 4.42 Å². The molecule has 2 rings (SSSR count). The van der Waals surface area contributed by atoms with Crippen LogP contribution in [0.5, 0.6) is 0 Å². The van der Waals surface area contributed by atoms with E-state index in [1.807, 2.05) is 19.2 Å². The van der Waals surface area contributed by atoms with E-state index in [0.717, 1.165) is 30.2 Å². The number of anilines is 1. The topological polar surface area (TPSA) is 41.3 Å². The molecule has 0 radical (unpaired) electrons. The fourth-order valence-corrected chi connectivity index (χ4v) is 2.21. The Bertz CT molecular complexity index is 533. The monoisotopic (exact) mass is 273 g/mol. The summed E-state index contributed by atoms with van der Waals surface area (Å²) in [7, 11) is 2.07. The summed E-state index contributed by atoms with van der Waals surface area (Å²) in [6.45, 7) is 7.99. The van der Waals surface area contributed by atoms with E-state index >= 15 is 0 Å². The number of nitrogens with one attached hydrogen (secondary N) is 1. The molecular formula is C16H23N3O. The third-order valence-corrected chi connectivity index (χ3v) is 3.54. The number of pyridine rings is 1. The van der Waals surface area contributed by atoms with Crippen LogP contribution in [0.1, 0.15) is 36.9 Å². The minimum absolute atomic E-state index is 0.287. The normalized spacial score (nSPS) is 12.4. The maximum atomic E-state index is 5.33. The van der Waals surface area contributed by atoms with Gasteiger partial charge in [-0.1, -0.05) is 6.92 Å². The molecule has 1 unspecified atom stereocenters. The highest BCUT2D eigenvalue weighted by Gasteiger charge is 2.09. The van der Waals surface area contributed by atoms with Gasteiger partial charge in [0, 0.05) is 25.2 Å². The Labute approximate surface area is 120 Å². The molecule has 2 aromatic heterocycles. The highest BCUT2D eigenvalue weighted by atomic mass is 16.3. The fourth-order valence-electron chi connectivity index (χ4n) is 2.21. The summed E-state index contributed by atoms with van der Waals surface area (Å²) in [6.07, 6.45) is 3.66. The molecular weight excluding hydrogens is 250 g/mol. The lowest BCUT2D eigenvalue weighted by Gasteiger charge is -2.19. The number of hydrogen-bond donors (Lipinski definition) is 1. The molecule has 20 heavy (non-hydrogen) atoms. The smallest absolute Gasteiger partial charge is 0.105 e. The lowest BCUT2D eigenvalue weighted by Crippen LogP contribution is -2.20. The van der Waals surface area contributed by atoms with Crippen LogP contribution in [0.3, 0.4) is 0 Å². The molecule has 0 aromatic carbocycles. The standard InChI is InChI=1S/C16H23N3O/c1-5-17-12(2)16-7-6-15(10-18-16)19(4)11-14-8-9-20-13(14)3/h6-10,12,17H,5,11H2,1-4H3. The first-order valence-corrected chi connectivity index (χ1v) is 7.05. The van der Waals surface area contributed by atoms with Gasteiger partial charge in [0.1, 0.15) is 5.76 Å². The van der Waals surface area contributed by atoms with E-state index in [1.54, 1.807) is 6.26 Å². The van der Waals surface area contributed by atoms with Gasteiger partial charge in [0.05, 0.1) is 23.8 Å². The van der Waals surface area contributed by atoms with Gasteiger partial charge in [-0.05, 0) is 38.6 Å². The zero-order chi connectivity index (χ0) is 14.5. The van der Waals surface area contributed by atoms with Crippen LogP contribution in [0.25, 0.3) is 0 Å². The third kappa shape index (κ3) is 3.39. The van der Waals surface area contributed by atoms with Gasteiger partial charge in [0.15, 0.2) is 0 Å². The van der Waals surface area contributed by atoms with Crippen LogP contribution in [0.4, 0.5) is 5.69 Å². The Morgan fingerprint density at radius 2 is 2.15 bits per heavy atom. The lowest BCUT2D eigenvalue weighted by molar-refractivity contribution is 0.529. The molecule has 2 aromatic rings. The Balaban J connectivity index is 2.04. The Morgan fingerprint density at radius 3 is 2.70 bits per heavy atom. The maximum Gasteiger partial charge on any atom is 0.105 e. The summed E-state index contributed by atoms with van der Waals surface area (Å²) in [5, 5.41) is 3.37. The summed E-state index contributed by atoms with van der Waals surface area (Å²) < 4.78 is 5.33. The second kappa shape index (κ2) is 6.57. The highest BCUT2D eigenvalue weighted by Crippen LogP contribution is 2.19. The summed E-state index contributed by atoms with van der Waals surface area (Å²) in [5.74, 6) is 0.974. The first-order valence-electron chi connectivity index (χ1n) is 7.05. The molecule has 0 saturated heterocycles. The quantitative estimate of drug-likeness (QED) is 0.877. The highest BCUT2D eigenvalue weighted by molar-refractivity contribution is 5.44. The molecule has 4 heteroatoms. The Morgan fingerprint density at radius 1 is 1.35 bits per heavy atom. The van der Waals surface area contributed by atoms with Crippen LogP contribution in [0.15, 0.2) is 35.1 Å². The second-order valence-electron chi connectivity index (χ2n) is 5.08. The number of rotatable bonds is 6. The number of aryl methyl sites for hydroxylation is 1. The average molecular weight is 273 g/mol. The molecule has 0 bridgehead atoms. The third-order valence-electron chi connectivity index (χ3n) is 3.54. The molecule has 2 heterocycles. The molecule has 0 spiro atoms. The van der Waals surface area contributed by atoms with Gasteiger partial charge in [-0.25, -0.2) is 0 Å². The molecule has 4 nitrogen and oxygen atoms in total. The summed E-state index contributed by atoms with van der Waals surface area (Å²) in [6, 6.07) is 6.50. The van der Waals surface area contributed by atoms with Crippen LogP contribution in [-0.2, 0) is 6.54 Å². The van der Waals surface area contributed by atoms with Gasteiger partial charge in [0.25, 0.3) is 0 Å². The van der Waals surface area contributed by atoms with Crippen LogP contribution < -0.4 is 10.2 Å². The van der Waals surface area contributed by atoms with Crippen LogP contribution in [0.2, 0.25) is 0 Å². The van der Waals surface area contributed by atoms with Crippen LogP contribution in [0, 0.1) is 6.92 Å². The van der Waals surface area contributed by atoms with E-state index in [4.69, 9.17) is 4.42 Å². The van der Waals surface area contributed by atoms with Crippen molar-refractivity contribution >= 4 is 5.69 Å². The molecule has 0 aliphatic carbocycles. The minimum Gasteiger partial charge on any atom is -0.469 e. The maximum absolute atomic E-state index is 5.33. The van der Waals surface area contributed by atoms with E-state index in [0.29, 0.717) is 0 Å². The summed E-state index contributed by atoms with van der Waals surface area (Å²) in [4.78, 5) is 6.72. The average Bonchev–Trinajstić information content (AvgIpc) is 2.85. The van der Waals surface area contributed by atoms with Gasteiger partial charge in [-0.2, -0.15) is 0 Å². The van der Waals surface area contributed by atoms with E-state index in [-0.39, 0.29) is 6.04 Å². The van der Waals surface area contributed by atoms with Crippen LogP contribution in [-0.4, -0.2) is 18.6 Å². The Hall–Kier alpha value is -1.81. The van der Waals surface area contributed by atoms with Crippen LogP contribution >= 0.6 is 0 Å². The molecule has 0 saturated carbocycles. The first-order chi connectivity index (χ1) is 9.61. The van der Waals surface area contributed by atoms with Gasteiger partial charge in [0.2, 0.25) is 0 Å². The first kappa shape index (κ1) is 14.6. The van der Waals surface area contributed by atoms with E-state index < -0.39 is 0 Å². The zero-order valence-electron chi connectivity index (χ0n) is 12.7. The second-order valence-corrected chi connectivity index (χ2v) is 5.08. The summed E-state index contributed by atoms with van der Waals surface area (Å²) in [5.41, 5.74) is 3.39. The lowest BCUT2D eigenvalue weighted by atomic mass is 10.2. The Kier molecular flexibility index (Phi) is 4.79. The molecule has 1 atom stereocenters. The van der Waals surface area contributed by atoms with E-state index in [1.165, 1.54) is 5.56 Å². The number of hydrogen-bond acceptors (Lipinski definition) is 4. The van der Waals surface area contributed by atoms with Crippen molar-refractivity contribution in [2.24, 2.45) is 0 Å². The predicted octanol–water partition coefficient (Wildman–Crippen LogP) is 3.29. The van der Waals surface area contributed by atoms with Crippen molar-refractivity contribution in [2.45, 2.75) is 33.4 Å². The van der Waals surface area contributed by atoms with Crippen molar-refractivity contribution in [3.05, 3.63) is 47.7 Å². The molecule has 1 N–H and O–H groups in total. The molecule has 0 fully saturated rings. The van der Waals surface area contributed by atoms with Crippen molar-refractivity contribution in [3.63, 3.8) is 0 Å².